The lowest BCUT2D eigenvalue weighted by molar-refractivity contribution is -0.141. The van der Waals surface area contributed by atoms with Gasteiger partial charge in [-0.1, -0.05) is 23.7 Å². The Morgan fingerprint density at radius 2 is 0.748 bits per heavy atom. The Morgan fingerprint density at radius 1 is 0.403 bits per heavy atom. The number of methoxy groups -OCH3 is 10. The van der Waals surface area contributed by atoms with E-state index in [2.05, 4.69) is 53.6 Å². The van der Waals surface area contributed by atoms with Crippen molar-refractivity contribution in [1.82, 2.24) is 29.9 Å². The number of esters is 5. The van der Waals surface area contributed by atoms with Gasteiger partial charge in [0.15, 0.2) is 110 Å². The fraction of sp³-hybridized carbons (Fsp3) is 0.178. The van der Waals surface area contributed by atoms with Crippen LogP contribution in [0.25, 0.3) is 56.3 Å². The predicted molar refractivity (Wildman–Crippen MR) is 383 cm³/mol. The molecule has 119 heavy (non-hydrogen) atoms. The largest absolute Gasteiger partial charge is 0.492 e. The Labute approximate surface area is 662 Å². The van der Waals surface area contributed by atoms with Crippen LogP contribution in [0.4, 0.5) is 98.7 Å². The fourth-order valence-electron chi connectivity index (χ4n) is 10.1. The molecular weight excluding hydrogens is 1660 g/mol. The molecule has 0 aliphatic carbocycles. The highest BCUT2D eigenvalue weighted by atomic mass is 35.5. The fourth-order valence-corrected chi connectivity index (χ4v) is 10.3. The van der Waals surface area contributed by atoms with E-state index < -0.39 is 196 Å². The summed E-state index contributed by atoms with van der Waals surface area (Å²) >= 11 is 5.45. The molecule has 628 valence electrons. The van der Waals surface area contributed by atoms with Crippen molar-refractivity contribution in [3.05, 3.63) is 187 Å². The minimum absolute atomic E-state index is 0.0972. The van der Waals surface area contributed by atoms with E-state index in [0.29, 0.717) is 35.4 Å². The number of ether oxygens (including phenoxy) is 12. The number of hydrogen-bond acceptors (Lipinski definition) is 29. The number of halogens is 17. The zero-order chi connectivity index (χ0) is 88.9. The first-order valence-corrected chi connectivity index (χ1v) is 32.4. The van der Waals surface area contributed by atoms with Gasteiger partial charge in [-0.3, -0.25) is 4.98 Å². The molecule has 7 heterocycles. The number of carbonyl (C=O) groups excluding carboxylic acids is 5. The summed E-state index contributed by atoms with van der Waals surface area (Å²) in [6.45, 7) is -0.149. The molecule has 0 saturated carbocycles. The van der Waals surface area contributed by atoms with E-state index in [1.807, 2.05) is 6.07 Å². The zero-order valence-electron chi connectivity index (χ0n) is 62.1. The van der Waals surface area contributed by atoms with Crippen molar-refractivity contribution in [2.45, 2.75) is 12.4 Å². The van der Waals surface area contributed by atoms with Gasteiger partial charge in [0.25, 0.3) is 0 Å². The highest BCUT2D eigenvalue weighted by molar-refractivity contribution is 6.30. The number of nitrogens with zero attached hydrogens (tertiary/aromatic N) is 7. The maximum Gasteiger partial charge on any atom is 0.433 e. The number of pyridine rings is 6. The molecule has 0 fully saturated rings. The number of fused-ring (bicyclic) bond motifs is 1. The van der Waals surface area contributed by atoms with E-state index in [9.17, 15) is 94.2 Å². The number of nitriles is 1. The maximum absolute atomic E-state index is 14.6. The summed E-state index contributed by atoms with van der Waals surface area (Å²) in [5.74, 6) is -19.1. The first kappa shape index (κ1) is 91.6. The number of benzene rings is 4. The van der Waals surface area contributed by atoms with Gasteiger partial charge in [0.2, 0.25) is 12.5 Å². The molecule has 10 aromatic rings. The number of aromatic nitrogens is 6. The lowest BCUT2D eigenvalue weighted by Gasteiger charge is -2.15. The van der Waals surface area contributed by atoms with Crippen molar-refractivity contribution in [3.8, 4) is 103 Å². The number of nitrogen functional groups attached to an aromatic ring is 5. The van der Waals surface area contributed by atoms with Gasteiger partial charge < -0.3 is 85.5 Å². The number of rotatable bonds is 15. The van der Waals surface area contributed by atoms with Crippen LogP contribution in [-0.4, -0.2) is 138 Å². The van der Waals surface area contributed by atoms with E-state index in [0.717, 1.165) is 62.0 Å². The summed E-state index contributed by atoms with van der Waals surface area (Å²) in [5.41, 5.74) is 16.3. The minimum atomic E-state index is -5.16. The van der Waals surface area contributed by atoms with Crippen molar-refractivity contribution in [2.75, 3.05) is 107 Å². The number of hydrogen-bond donors (Lipinski definition) is 5. The SMILES string of the molecule is COC(=O)c1nc(-c2cc(F)c(Cl)cc2F)c(F)c(N)c1OC.COC(=O)c1nc(-c2ccc(C#N)cc2)c(F)c(N)c1OC.COC(=O)c1nc(-c2ccc(C(F)(F)F)c(F)c2F)c(F)c(N)c1OC.COC(=O)c1nc(-c2ccc(C(F)(F)F)nc2)c(F)c(N)c1OC.COC(=O)c1nc(-c2ccc3c(c2F)OCO3)c(F)c(N)c1OC. The molecule has 6 aromatic heterocycles. The van der Waals surface area contributed by atoms with Crippen LogP contribution >= 0.6 is 11.6 Å². The van der Waals surface area contributed by atoms with Gasteiger partial charge in [-0.15, -0.1) is 0 Å². The third kappa shape index (κ3) is 19.2. The second kappa shape index (κ2) is 38.2. The Bertz CT molecular complexity index is 5660. The summed E-state index contributed by atoms with van der Waals surface area (Å²) in [6.07, 6.45) is -9.02. The lowest BCUT2D eigenvalue weighted by Crippen LogP contribution is -2.14. The van der Waals surface area contributed by atoms with Gasteiger partial charge in [0.1, 0.15) is 74.2 Å². The highest BCUT2D eigenvalue weighted by Gasteiger charge is 2.39. The van der Waals surface area contributed by atoms with Gasteiger partial charge >= 0.3 is 42.2 Å². The van der Waals surface area contributed by atoms with Crippen molar-refractivity contribution in [1.29, 1.82) is 5.26 Å². The Balaban J connectivity index is 0.000000205. The van der Waals surface area contributed by atoms with Crippen LogP contribution in [0.1, 0.15) is 69.3 Å². The molecule has 29 nitrogen and oxygen atoms in total. The molecule has 10 N–H and O–H groups in total. The van der Waals surface area contributed by atoms with Gasteiger partial charge in [-0.2, -0.15) is 31.6 Å². The monoisotopic (exact) mass is 1710 g/mol. The molecular formula is C73H55ClF16N12O17. The summed E-state index contributed by atoms with van der Waals surface area (Å²) in [5, 5.41) is 8.29. The summed E-state index contributed by atoms with van der Waals surface area (Å²) in [7, 11) is 11.2. The second-order valence-electron chi connectivity index (χ2n) is 22.6. The third-order valence-electron chi connectivity index (χ3n) is 15.8. The quantitative estimate of drug-likeness (QED) is 0.0275. The van der Waals surface area contributed by atoms with Crippen LogP contribution in [-0.2, 0) is 36.0 Å². The molecule has 1 aliphatic heterocycles. The number of anilines is 5. The number of alkyl halides is 6. The van der Waals surface area contributed by atoms with E-state index in [4.69, 9.17) is 78.7 Å². The van der Waals surface area contributed by atoms with Crippen LogP contribution < -0.4 is 61.8 Å². The Hall–Kier alpha value is -14.6. The second-order valence-corrected chi connectivity index (χ2v) is 23.0. The lowest BCUT2D eigenvalue weighted by atomic mass is 10.0. The summed E-state index contributed by atoms with van der Waals surface area (Å²) < 4.78 is 274. The van der Waals surface area contributed by atoms with E-state index in [-0.39, 0.29) is 81.3 Å². The minimum Gasteiger partial charge on any atom is -0.492 e. The van der Waals surface area contributed by atoms with E-state index >= 15 is 0 Å². The molecule has 0 saturated heterocycles. The average Bonchev–Trinajstić information content (AvgIpc) is 1.47. The van der Waals surface area contributed by atoms with Crippen LogP contribution in [0.3, 0.4) is 0 Å². The molecule has 11 rings (SSSR count). The van der Waals surface area contributed by atoms with E-state index in [1.165, 1.54) is 57.7 Å². The summed E-state index contributed by atoms with van der Waals surface area (Å²) in [6, 6.07) is 14.3. The molecule has 0 bridgehead atoms. The highest BCUT2D eigenvalue weighted by Crippen LogP contribution is 2.45. The molecule has 0 spiro atoms. The van der Waals surface area contributed by atoms with Gasteiger partial charge in [0, 0.05) is 34.0 Å². The van der Waals surface area contributed by atoms with Crippen molar-refractivity contribution in [3.63, 3.8) is 0 Å². The smallest absolute Gasteiger partial charge is 0.433 e. The van der Waals surface area contributed by atoms with Crippen LogP contribution in [0, 0.1) is 69.5 Å². The van der Waals surface area contributed by atoms with Crippen molar-refractivity contribution in [2.24, 2.45) is 0 Å². The number of carbonyl (C=O) groups is 5. The molecule has 0 radical (unpaired) electrons. The average molecular weight is 1710 g/mol. The molecule has 0 amide bonds. The van der Waals surface area contributed by atoms with Crippen LogP contribution in [0.2, 0.25) is 5.02 Å². The van der Waals surface area contributed by atoms with Crippen molar-refractivity contribution >= 4 is 69.9 Å². The van der Waals surface area contributed by atoms with Crippen LogP contribution in [0.15, 0.2) is 79.0 Å². The standard InChI is InChI=1S/C15H10F6N2O3.C15H12F2N2O5.C15H12FN3O3.C14H10ClF3N2O3.C14H11F4N3O3/c1-25-13-10(22)9(18)11(23-12(13)14(24)26-2)5-3-4-6(15(19,20)21)8(17)7(5)16;1-21-14-10(18)9(17)11(19-12(14)15(20)22-2)6-3-4-7-13(8(6)16)24-5-23-7;1-21-14-11(18)10(16)12(19-13(14)15(20)22-2)9-5-3-8(7-17)4-6-9;1-22-13-10(19)9(18)11(20-12(13)14(21)23-2)5-3-8(17)6(15)4-7(5)16;1-23-12-9(19)8(15)10(21-11(12)13(22)24-2)6-3-4-7(20-5-6)14(16,17)18/h3-4H,1-2H3,(H2,22,23);3-4H,5H2,1-2H3,(H2,18,19);3-6H,1-2H3,(H2,18,19);3-4H,1-2H3,(H2,19,20);3-5H,1-2H3,(H2,19,21). The number of nitrogens with two attached hydrogens (primary N) is 5. The van der Waals surface area contributed by atoms with Gasteiger partial charge in [-0.25, -0.2) is 92.8 Å². The van der Waals surface area contributed by atoms with Crippen molar-refractivity contribution < 1.29 is 151 Å². The normalized spacial score (nSPS) is 11.1. The van der Waals surface area contributed by atoms with Crippen LogP contribution in [0.5, 0.6) is 40.2 Å². The molecule has 4 aromatic carbocycles. The Kier molecular flexibility index (Phi) is 29.4. The molecule has 0 atom stereocenters. The Morgan fingerprint density at radius 3 is 1.09 bits per heavy atom. The maximum atomic E-state index is 14.6. The summed E-state index contributed by atoms with van der Waals surface area (Å²) in [4.78, 5) is 80.7. The molecule has 46 heteroatoms. The first-order chi connectivity index (χ1) is 56.1. The third-order valence-corrected chi connectivity index (χ3v) is 16.1. The molecule has 1 aliphatic rings. The first-order valence-electron chi connectivity index (χ1n) is 32.0. The van der Waals surface area contributed by atoms with Gasteiger partial charge in [-0.05, 0) is 60.7 Å². The predicted octanol–water partition coefficient (Wildman–Crippen LogP) is 13.7. The topological polar surface area (TPSA) is 427 Å². The molecule has 0 unspecified atom stereocenters. The van der Waals surface area contributed by atoms with E-state index in [1.54, 1.807) is 0 Å². The van der Waals surface area contributed by atoms with Gasteiger partial charge in [0.05, 0.1) is 93.3 Å². The zero-order valence-corrected chi connectivity index (χ0v) is 62.9.